The van der Waals surface area contributed by atoms with Gasteiger partial charge in [0.05, 0.1) is 0 Å². The summed E-state index contributed by atoms with van der Waals surface area (Å²) in [7, 11) is 0. The van der Waals surface area contributed by atoms with Crippen molar-refractivity contribution < 1.29 is 4.79 Å². The molecule has 2 aromatic rings. The minimum atomic E-state index is -0.213. The van der Waals surface area contributed by atoms with Gasteiger partial charge >= 0.3 is 0 Å². The maximum atomic E-state index is 10.0. The average Bonchev–Trinajstić information content (AvgIpc) is 2.67. The molecule has 5 nitrogen and oxygen atoms in total. The Hall–Kier alpha value is -2.43. The number of pyridine rings is 2. The monoisotopic (exact) mass is 472 g/mol. The van der Waals surface area contributed by atoms with Gasteiger partial charge in [-0.05, 0) is 74.1 Å². The van der Waals surface area contributed by atoms with Gasteiger partial charge in [-0.1, -0.05) is 74.4 Å². The molecule has 0 aliphatic rings. The summed E-state index contributed by atoms with van der Waals surface area (Å²) in [5.74, 6) is 3.24. The van der Waals surface area contributed by atoms with Crippen LogP contribution in [-0.4, -0.2) is 15.9 Å². The summed E-state index contributed by atoms with van der Waals surface area (Å²) in [6, 6.07) is 11.9. The topological polar surface area (TPSA) is 94.9 Å². The fraction of sp³-hybridized carbons (Fsp3) is 0.621. The van der Waals surface area contributed by atoms with E-state index in [1.165, 1.54) is 12.1 Å². The lowest BCUT2D eigenvalue weighted by molar-refractivity contribution is -0.118. The number of hydrogen-bond acceptors (Lipinski definition) is 4. The van der Waals surface area contributed by atoms with E-state index in [4.69, 9.17) is 11.5 Å². The first-order valence-corrected chi connectivity index (χ1v) is 12.7. The molecule has 0 radical (unpaired) electrons. The van der Waals surface area contributed by atoms with Crippen LogP contribution in [0.25, 0.3) is 0 Å². The van der Waals surface area contributed by atoms with Crippen molar-refractivity contribution in [3.05, 3.63) is 53.5 Å². The Morgan fingerprint density at radius 2 is 1.32 bits per heavy atom. The van der Waals surface area contributed by atoms with E-state index in [0.717, 1.165) is 36.1 Å². The van der Waals surface area contributed by atoms with Crippen LogP contribution in [0.15, 0.2) is 36.4 Å². The van der Waals surface area contributed by atoms with Gasteiger partial charge in [-0.15, -0.1) is 0 Å². The van der Waals surface area contributed by atoms with Crippen molar-refractivity contribution in [2.45, 2.75) is 94.9 Å². The SMILES string of the molecule is CC(C)CC(C)C.CC(C)CC(N)=O.CCc1cccc(N)n1.Cc1cccc(CC(C)C)n1. The van der Waals surface area contributed by atoms with Gasteiger partial charge in [0.15, 0.2) is 0 Å². The van der Waals surface area contributed by atoms with Crippen LogP contribution in [0.3, 0.4) is 0 Å². The number of hydrogen-bond donors (Lipinski definition) is 2. The molecule has 0 aliphatic heterocycles. The number of aromatic nitrogens is 2. The second-order valence-electron chi connectivity index (χ2n) is 10.4. The average molecular weight is 473 g/mol. The summed E-state index contributed by atoms with van der Waals surface area (Å²) in [6.45, 7) is 21.5. The van der Waals surface area contributed by atoms with E-state index in [2.05, 4.69) is 70.6 Å². The van der Waals surface area contributed by atoms with Crippen LogP contribution >= 0.6 is 0 Å². The zero-order valence-electron chi connectivity index (χ0n) is 23.6. The normalized spacial score (nSPS) is 10.2. The molecule has 0 fully saturated rings. The van der Waals surface area contributed by atoms with Crippen LogP contribution in [0.1, 0.15) is 92.2 Å². The van der Waals surface area contributed by atoms with E-state index in [0.29, 0.717) is 24.1 Å². The first kappa shape index (κ1) is 33.7. The van der Waals surface area contributed by atoms with E-state index >= 15 is 0 Å². The van der Waals surface area contributed by atoms with Gasteiger partial charge in [0.25, 0.3) is 0 Å². The Morgan fingerprint density at radius 1 is 0.794 bits per heavy atom. The molecule has 2 rings (SSSR count). The molecule has 34 heavy (non-hydrogen) atoms. The van der Waals surface area contributed by atoms with Gasteiger partial charge < -0.3 is 11.5 Å². The predicted octanol–water partition coefficient (Wildman–Crippen LogP) is 7.02. The number of carbonyl (C=O) groups excluding carboxylic acids is 1. The van der Waals surface area contributed by atoms with Crippen LogP contribution in [0.4, 0.5) is 5.82 Å². The summed E-state index contributed by atoms with van der Waals surface area (Å²) in [5, 5.41) is 0. The second kappa shape index (κ2) is 20.0. The minimum absolute atomic E-state index is 0.213. The zero-order valence-corrected chi connectivity index (χ0v) is 23.6. The molecule has 0 bridgehead atoms. The van der Waals surface area contributed by atoms with E-state index < -0.39 is 0 Å². The van der Waals surface area contributed by atoms with Gasteiger partial charge in [-0.3, -0.25) is 9.78 Å². The lowest BCUT2D eigenvalue weighted by atomic mass is 10.0. The number of anilines is 1. The molecule has 0 aromatic carbocycles. The van der Waals surface area contributed by atoms with E-state index in [-0.39, 0.29) is 5.91 Å². The van der Waals surface area contributed by atoms with Gasteiger partial charge in [0.1, 0.15) is 5.82 Å². The number of nitrogens with zero attached hydrogens (tertiary/aromatic N) is 2. The molecule has 194 valence electrons. The Morgan fingerprint density at radius 3 is 1.62 bits per heavy atom. The molecule has 0 aliphatic carbocycles. The fourth-order valence-electron chi connectivity index (χ4n) is 3.17. The number of aryl methyl sites for hydroxylation is 2. The molecule has 5 heteroatoms. The van der Waals surface area contributed by atoms with Crippen LogP contribution in [0.2, 0.25) is 0 Å². The van der Waals surface area contributed by atoms with Crippen LogP contribution in [-0.2, 0) is 17.6 Å². The van der Waals surface area contributed by atoms with Gasteiger partial charge in [0.2, 0.25) is 5.91 Å². The number of nitrogens with two attached hydrogens (primary N) is 2. The Labute approximate surface area is 210 Å². The molecule has 2 aromatic heterocycles. The van der Waals surface area contributed by atoms with Crippen LogP contribution in [0, 0.1) is 30.6 Å². The standard InChI is InChI=1S/C10H15N.C7H10N2.C7H16.C5H11NO/c1-8(2)7-10-6-4-5-9(3)11-10;1-2-6-4-3-5-7(8)9-6;1-6(2)5-7(3)4;1-4(2)3-5(6)7/h4-6,8H,7H2,1-3H3;3-5H,2H2,1H3,(H2,8,9);6-7H,5H2,1-4H3;4H,3H2,1-2H3,(H2,6,7). The highest BCUT2D eigenvalue weighted by Gasteiger charge is 1.98. The molecular formula is C29H52N4O. The maximum absolute atomic E-state index is 10.0. The molecule has 0 unspecified atom stereocenters. The maximum Gasteiger partial charge on any atom is 0.217 e. The van der Waals surface area contributed by atoms with Gasteiger partial charge in [-0.2, -0.15) is 0 Å². The van der Waals surface area contributed by atoms with Crippen molar-refractivity contribution >= 4 is 11.7 Å². The third-order valence-corrected chi connectivity index (χ3v) is 4.31. The third-order valence-electron chi connectivity index (χ3n) is 4.31. The molecule has 2 heterocycles. The summed E-state index contributed by atoms with van der Waals surface area (Å²) in [5.41, 5.74) is 13.7. The fourth-order valence-corrected chi connectivity index (χ4v) is 3.17. The third kappa shape index (κ3) is 24.2. The molecule has 1 amide bonds. The van der Waals surface area contributed by atoms with Crippen LogP contribution in [0.5, 0.6) is 0 Å². The van der Waals surface area contributed by atoms with Crippen LogP contribution < -0.4 is 11.5 Å². The summed E-state index contributed by atoms with van der Waals surface area (Å²) >= 11 is 0. The van der Waals surface area contributed by atoms with Gasteiger partial charge in [0, 0.05) is 23.5 Å². The lowest BCUT2D eigenvalue weighted by Crippen LogP contribution is -2.12. The van der Waals surface area contributed by atoms with Crippen molar-refractivity contribution in [3.8, 4) is 0 Å². The summed E-state index contributed by atoms with van der Waals surface area (Å²) in [6.07, 6.45) is 3.90. The number of primary amides is 1. The number of rotatable bonds is 7. The van der Waals surface area contributed by atoms with Crippen molar-refractivity contribution in [1.82, 2.24) is 9.97 Å². The Kier molecular flexibility index (Phi) is 19.8. The Bertz CT molecular complexity index is 764. The highest BCUT2D eigenvalue weighted by atomic mass is 16.1. The molecule has 0 saturated heterocycles. The minimum Gasteiger partial charge on any atom is -0.384 e. The number of nitrogen functional groups attached to an aromatic ring is 1. The summed E-state index contributed by atoms with van der Waals surface area (Å²) < 4.78 is 0. The van der Waals surface area contributed by atoms with Crippen molar-refractivity contribution in [3.63, 3.8) is 0 Å². The first-order valence-electron chi connectivity index (χ1n) is 12.7. The van der Waals surface area contributed by atoms with E-state index in [9.17, 15) is 4.79 Å². The highest BCUT2D eigenvalue weighted by Crippen LogP contribution is 2.08. The quantitative estimate of drug-likeness (QED) is 0.452. The molecule has 0 atom stereocenters. The second-order valence-corrected chi connectivity index (χ2v) is 10.4. The summed E-state index contributed by atoms with van der Waals surface area (Å²) in [4.78, 5) is 18.5. The number of carbonyl (C=O) groups is 1. The van der Waals surface area contributed by atoms with E-state index in [1.807, 2.05) is 39.0 Å². The van der Waals surface area contributed by atoms with Crippen molar-refractivity contribution in [2.75, 3.05) is 5.73 Å². The molecular weight excluding hydrogens is 420 g/mol. The van der Waals surface area contributed by atoms with E-state index in [1.54, 1.807) is 6.07 Å². The van der Waals surface area contributed by atoms with Crippen molar-refractivity contribution in [1.29, 1.82) is 0 Å². The molecule has 4 N–H and O–H groups in total. The number of amides is 1. The lowest BCUT2D eigenvalue weighted by Gasteiger charge is -2.05. The van der Waals surface area contributed by atoms with Crippen molar-refractivity contribution in [2.24, 2.45) is 29.4 Å². The molecule has 0 spiro atoms. The zero-order chi connectivity index (χ0) is 26.7. The smallest absolute Gasteiger partial charge is 0.217 e. The predicted molar refractivity (Wildman–Crippen MR) is 148 cm³/mol. The largest absolute Gasteiger partial charge is 0.384 e. The highest BCUT2D eigenvalue weighted by molar-refractivity contribution is 5.73. The Balaban J connectivity index is 0. The first-order chi connectivity index (χ1) is 15.8. The molecule has 0 saturated carbocycles. The van der Waals surface area contributed by atoms with Gasteiger partial charge in [-0.25, -0.2) is 4.98 Å².